The van der Waals surface area contributed by atoms with E-state index in [9.17, 15) is 5.11 Å². The van der Waals surface area contributed by atoms with E-state index in [0.29, 0.717) is 12.8 Å². The molecule has 0 aliphatic heterocycles. The zero-order valence-corrected chi connectivity index (χ0v) is 8.82. The lowest BCUT2D eigenvalue weighted by atomic mass is 9.96. The van der Waals surface area contributed by atoms with Crippen LogP contribution in [0.4, 0.5) is 0 Å². The van der Waals surface area contributed by atoms with Gasteiger partial charge in [0.25, 0.3) is 0 Å². The van der Waals surface area contributed by atoms with Gasteiger partial charge in [-0.3, -0.25) is 0 Å². The number of hydrogen-bond acceptors (Lipinski definition) is 2. The zero-order chi connectivity index (χ0) is 9.90. The van der Waals surface area contributed by atoms with Crippen LogP contribution in [0.5, 0.6) is 0 Å². The summed E-state index contributed by atoms with van der Waals surface area (Å²) in [4.78, 5) is 1.03. The summed E-state index contributed by atoms with van der Waals surface area (Å²) in [6.45, 7) is 3.83. The maximum absolute atomic E-state index is 10.1. The Kier molecular flexibility index (Phi) is 3.13. The van der Waals surface area contributed by atoms with Crippen molar-refractivity contribution in [2.75, 3.05) is 0 Å². The van der Waals surface area contributed by atoms with Crippen LogP contribution >= 0.6 is 11.3 Å². The van der Waals surface area contributed by atoms with Gasteiger partial charge in [-0.1, -0.05) is 0 Å². The van der Waals surface area contributed by atoms with Crippen molar-refractivity contribution in [3.8, 4) is 12.3 Å². The molecule has 0 spiro atoms. The van der Waals surface area contributed by atoms with Gasteiger partial charge in [0.15, 0.2) is 0 Å². The second-order valence-electron chi connectivity index (χ2n) is 3.41. The van der Waals surface area contributed by atoms with Crippen LogP contribution in [-0.2, 0) is 5.60 Å². The molecule has 0 saturated carbocycles. The molecule has 0 aliphatic rings. The van der Waals surface area contributed by atoms with E-state index in [1.807, 2.05) is 25.3 Å². The van der Waals surface area contributed by atoms with E-state index in [-0.39, 0.29) is 0 Å². The molecular weight excluding hydrogens is 180 g/mol. The lowest BCUT2D eigenvalue weighted by Crippen LogP contribution is -2.20. The van der Waals surface area contributed by atoms with Crippen LogP contribution in [0.3, 0.4) is 0 Å². The molecule has 2 heteroatoms. The molecule has 1 atom stereocenters. The summed E-state index contributed by atoms with van der Waals surface area (Å²) in [6.07, 6.45) is 6.41. The molecule has 1 aromatic heterocycles. The molecule has 1 unspecified atom stereocenters. The number of rotatable bonds is 3. The molecule has 1 heterocycles. The average molecular weight is 194 g/mol. The van der Waals surface area contributed by atoms with Gasteiger partial charge in [0.05, 0.1) is 5.60 Å². The van der Waals surface area contributed by atoms with Gasteiger partial charge < -0.3 is 5.11 Å². The van der Waals surface area contributed by atoms with Gasteiger partial charge in [0, 0.05) is 11.3 Å². The van der Waals surface area contributed by atoms with Crippen LogP contribution in [0.25, 0.3) is 0 Å². The predicted octanol–water partition coefficient (Wildman–Crippen LogP) is 2.68. The topological polar surface area (TPSA) is 20.2 Å². The van der Waals surface area contributed by atoms with E-state index >= 15 is 0 Å². The summed E-state index contributed by atoms with van der Waals surface area (Å²) in [6, 6.07) is 2.02. The molecule has 0 bridgehead atoms. The molecule has 0 radical (unpaired) electrons. The fraction of sp³-hybridized carbons (Fsp3) is 0.455. The van der Waals surface area contributed by atoms with E-state index in [0.717, 1.165) is 10.4 Å². The molecule has 0 saturated heterocycles. The van der Waals surface area contributed by atoms with Gasteiger partial charge >= 0.3 is 0 Å². The van der Waals surface area contributed by atoms with Crippen molar-refractivity contribution >= 4 is 11.3 Å². The second-order valence-corrected chi connectivity index (χ2v) is 4.33. The molecular formula is C11H14OS. The summed E-state index contributed by atoms with van der Waals surface area (Å²) in [7, 11) is 0. The van der Waals surface area contributed by atoms with E-state index < -0.39 is 5.60 Å². The monoisotopic (exact) mass is 194 g/mol. The summed E-state index contributed by atoms with van der Waals surface area (Å²) in [5.74, 6) is 2.55. The Morgan fingerprint density at radius 1 is 1.69 bits per heavy atom. The molecule has 1 aromatic rings. The maximum Gasteiger partial charge on any atom is 0.0971 e. The van der Waals surface area contributed by atoms with Crippen LogP contribution in [0.2, 0.25) is 0 Å². The lowest BCUT2D eigenvalue weighted by Gasteiger charge is -2.21. The third kappa shape index (κ3) is 2.33. The number of thiophene rings is 1. The molecule has 1 rings (SSSR count). The first-order valence-corrected chi connectivity index (χ1v) is 5.16. The quantitative estimate of drug-likeness (QED) is 0.733. The van der Waals surface area contributed by atoms with Gasteiger partial charge in [-0.15, -0.1) is 23.7 Å². The van der Waals surface area contributed by atoms with Crippen molar-refractivity contribution in [2.24, 2.45) is 0 Å². The molecule has 13 heavy (non-hydrogen) atoms. The first-order chi connectivity index (χ1) is 6.08. The average Bonchev–Trinajstić information content (AvgIpc) is 2.48. The number of aryl methyl sites for hydroxylation is 1. The third-order valence-electron chi connectivity index (χ3n) is 2.11. The molecule has 1 N–H and O–H groups in total. The van der Waals surface area contributed by atoms with Crippen molar-refractivity contribution in [1.29, 1.82) is 0 Å². The second kappa shape index (κ2) is 3.95. The standard InChI is InChI=1S/C11H14OS/c1-4-5-7-11(3,12)10-9(2)6-8-13-10/h1,6,8,12H,5,7H2,2-3H3. The van der Waals surface area contributed by atoms with Crippen molar-refractivity contribution in [3.63, 3.8) is 0 Å². The van der Waals surface area contributed by atoms with Crippen molar-refractivity contribution in [2.45, 2.75) is 32.3 Å². The maximum atomic E-state index is 10.1. The Balaban J connectivity index is 2.82. The summed E-state index contributed by atoms with van der Waals surface area (Å²) in [5.41, 5.74) is 0.386. The highest BCUT2D eigenvalue weighted by molar-refractivity contribution is 7.10. The molecule has 0 amide bonds. The minimum Gasteiger partial charge on any atom is -0.385 e. The van der Waals surface area contributed by atoms with E-state index in [2.05, 4.69) is 5.92 Å². The summed E-state index contributed by atoms with van der Waals surface area (Å²) in [5, 5.41) is 12.1. The molecule has 0 aromatic carbocycles. The fourth-order valence-corrected chi connectivity index (χ4v) is 2.37. The van der Waals surface area contributed by atoms with Crippen LogP contribution in [-0.4, -0.2) is 5.11 Å². The summed E-state index contributed by atoms with van der Waals surface area (Å²) >= 11 is 1.59. The van der Waals surface area contributed by atoms with E-state index in [4.69, 9.17) is 6.42 Å². The van der Waals surface area contributed by atoms with Gasteiger partial charge in [0.2, 0.25) is 0 Å². The first kappa shape index (κ1) is 10.3. The minimum absolute atomic E-state index is 0.615. The number of hydrogen-bond donors (Lipinski definition) is 1. The highest BCUT2D eigenvalue weighted by Gasteiger charge is 2.25. The lowest BCUT2D eigenvalue weighted by molar-refractivity contribution is 0.0526. The largest absolute Gasteiger partial charge is 0.385 e. The SMILES string of the molecule is C#CCCC(C)(O)c1sccc1C. The highest BCUT2D eigenvalue weighted by atomic mass is 32.1. The van der Waals surface area contributed by atoms with E-state index in [1.165, 1.54) is 0 Å². The Bertz CT molecular complexity index is 317. The molecule has 1 nitrogen and oxygen atoms in total. The van der Waals surface area contributed by atoms with Gasteiger partial charge in [-0.2, -0.15) is 0 Å². The van der Waals surface area contributed by atoms with Crippen LogP contribution in [0.1, 0.15) is 30.2 Å². The Morgan fingerprint density at radius 3 is 2.85 bits per heavy atom. The highest BCUT2D eigenvalue weighted by Crippen LogP contribution is 2.32. The molecule has 70 valence electrons. The van der Waals surface area contributed by atoms with Crippen LogP contribution < -0.4 is 0 Å². The Morgan fingerprint density at radius 2 is 2.38 bits per heavy atom. The smallest absolute Gasteiger partial charge is 0.0971 e. The first-order valence-electron chi connectivity index (χ1n) is 4.28. The third-order valence-corrected chi connectivity index (χ3v) is 3.38. The van der Waals surface area contributed by atoms with Crippen LogP contribution in [0, 0.1) is 19.3 Å². The number of aliphatic hydroxyl groups is 1. The van der Waals surface area contributed by atoms with Crippen molar-refractivity contribution < 1.29 is 5.11 Å². The van der Waals surface area contributed by atoms with E-state index in [1.54, 1.807) is 11.3 Å². The van der Waals surface area contributed by atoms with Gasteiger partial charge in [-0.25, -0.2) is 0 Å². The molecule has 0 fully saturated rings. The van der Waals surface area contributed by atoms with Gasteiger partial charge in [-0.05, 0) is 37.3 Å². The fourth-order valence-electron chi connectivity index (χ4n) is 1.35. The van der Waals surface area contributed by atoms with Crippen molar-refractivity contribution in [1.82, 2.24) is 0 Å². The summed E-state index contributed by atoms with van der Waals surface area (Å²) < 4.78 is 0. The Labute approximate surface area is 83.4 Å². The van der Waals surface area contributed by atoms with Gasteiger partial charge in [0.1, 0.15) is 0 Å². The molecule has 0 aliphatic carbocycles. The minimum atomic E-state index is -0.759. The Hall–Kier alpha value is -0.780. The number of terminal acetylenes is 1. The predicted molar refractivity (Wildman–Crippen MR) is 56.7 cm³/mol. The van der Waals surface area contributed by atoms with Crippen LogP contribution in [0.15, 0.2) is 11.4 Å². The zero-order valence-electron chi connectivity index (χ0n) is 8.00. The van der Waals surface area contributed by atoms with Crippen molar-refractivity contribution in [3.05, 3.63) is 21.9 Å². The normalized spacial score (nSPS) is 14.9.